The lowest BCUT2D eigenvalue weighted by Gasteiger charge is -2.16. The van der Waals surface area contributed by atoms with Gasteiger partial charge in [-0.3, -0.25) is 15.1 Å². The van der Waals surface area contributed by atoms with Crippen molar-refractivity contribution >= 4 is 15.7 Å². The molecule has 0 aliphatic carbocycles. The van der Waals surface area contributed by atoms with E-state index in [1.165, 1.54) is 24.3 Å². The molecular weight excluding hydrogens is 378 g/mol. The van der Waals surface area contributed by atoms with E-state index in [9.17, 15) is 18.5 Å². The van der Waals surface area contributed by atoms with Crippen LogP contribution in [0.3, 0.4) is 0 Å². The Balaban J connectivity index is 1.92. The summed E-state index contributed by atoms with van der Waals surface area (Å²) in [5.41, 5.74) is 3.24. The van der Waals surface area contributed by atoms with E-state index in [-0.39, 0.29) is 4.90 Å². The monoisotopic (exact) mass is 397 g/mol. The highest BCUT2D eigenvalue weighted by Crippen LogP contribution is 2.28. The summed E-state index contributed by atoms with van der Waals surface area (Å²) in [6, 6.07) is 14.1. The first-order valence-corrected chi connectivity index (χ1v) is 10.0. The molecule has 0 amide bonds. The second-order valence-corrected chi connectivity index (χ2v) is 8.07. The molecule has 0 aliphatic heterocycles. The fraction of sp³-hybridized carbons (Fsp3) is 0.150. The lowest BCUT2D eigenvalue weighted by molar-refractivity contribution is -0.387. The number of sulfonamides is 1. The molecule has 144 valence electrons. The molecule has 0 radical (unpaired) electrons. The van der Waals surface area contributed by atoms with Gasteiger partial charge in [0.05, 0.1) is 4.92 Å². The molecule has 3 aromatic rings. The van der Waals surface area contributed by atoms with Crippen LogP contribution in [0, 0.1) is 17.0 Å². The summed E-state index contributed by atoms with van der Waals surface area (Å²) in [6.07, 6.45) is 3.47. The van der Waals surface area contributed by atoms with Gasteiger partial charge in [0.1, 0.15) is 0 Å². The Morgan fingerprint density at radius 1 is 1.11 bits per heavy atom. The van der Waals surface area contributed by atoms with Crippen LogP contribution in [0.5, 0.6) is 0 Å². The maximum atomic E-state index is 12.7. The van der Waals surface area contributed by atoms with Gasteiger partial charge < -0.3 is 0 Å². The number of pyridine rings is 1. The smallest absolute Gasteiger partial charge is 0.264 e. The van der Waals surface area contributed by atoms with Gasteiger partial charge in [-0.15, -0.1) is 0 Å². The summed E-state index contributed by atoms with van der Waals surface area (Å²) in [4.78, 5) is 14.2. The van der Waals surface area contributed by atoms with Gasteiger partial charge in [-0.05, 0) is 54.3 Å². The Labute approximate surface area is 163 Å². The molecule has 1 N–H and O–H groups in total. The number of nitro groups is 1. The van der Waals surface area contributed by atoms with Crippen molar-refractivity contribution in [1.82, 2.24) is 9.71 Å². The zero-order chi connectivity index (χ0) is 20.3. The predicted molar refractivity (Wildman–Crippen MR) is 106 cm³/mol. The Bertz CT molecular complexity index is 1130. The number of nitrogens with zero attached hydrogens (tertiary/aromatic N) is 2. The summed E-state index contributed by atoms with van der Waals surface area (Å²) in [7, 11) is -4.07. The average molecular weight is 397 g/mol. The zero-order valence-corrected chi connectivity index (χ0v) is 16.2. The molecular formula is C20H19N3O4S. The Kier molecular flexibility index (Phi) is 5.53. The molecule has 1 heterocycles. The minimum Gasteiger partial charge on any atom is -0.264 e. The van der Waals surface area contributed by atoms with Crippen molar-refractivity contribution < 1.29 is 13.3 Å². The van der Waals surface area contributed by atoms with Crippen LogP contribution < -0.4 is 4.72 Å². The normalized spacial score (nSPS) is 12.5. The number of nitrogens with one attached hydrogen (secondary N) is 1. The van der Waals surface area contributed by atoms with Crippen molar-refractivity contribution in [3.05, 3.63) is 88.2 Å². The number of rotatable bonds is 6. The lowest BCUT2D eigenvalue weighted by atomic mass is 9.99. The molecule has 0 bridgehead atoms. The first-order chi connectivity index (χ1) is 13.3. The number of hydrogen-bond acceptors (Lipinski definition) is 5. The van der Waals surface area contributed by atoms with E-state index in [1.807, 2.05) is 37.3 Å². The molecule has 0 saturated heterocycles. The Morgan fingerprint density at radius 2 is 1.86 bits per heavy atom. The number of nitro benzene ring substituents is 1. The van der Waals surface area contributed by atoms with E-state index < -0.39 is 26.7 Å². The number of aryl methyl sites for hydroxylation is 1. The molecule has 1 aromatic heterocycles. The zero-order valence-electron chi connectivity index (χ0n) is 15.4. The van der Waals surface area contributed by atoms with Crippen LogP contribution in [0.25, 0.3) is 11.1 Å². The predicted octanol–water partition coefficient (Wildman–Crippen LogP) is 4.00. The van der Waals surface area contributed by atoms with Crippen LogP contribution in [0.1, 0.15) is 24.1 Å². The van der Waals surface area contributed by atoms with Crippen LogP contribution in [0.15, 0.2) is 71.9 Å². The number of para-hydroxylation sites is 1. The molecule has 3 rings (SSSR count). The summed E-state index contributed by atoms with van der Waals surface area (Å²) >= 11 is 0. The summed E-state index contributed by atoms with van der Waals surface area (Å²) in [5.74, 6) is 0. The topological polar surface area (TPSA) is 102 Å². The number of aromatic nitrogens is 1. The third-order valence-electron chi connectivity index (χ3n) is 4.40. The highest BCUT2D eigenvalue weighted by Gasteiger charge is 2.26. The molecule has 0 fully saturated rings. The standard InChI is InChI=1S/C20H19N3O4S/c1-14-13-21-11-10-18(14)17-7-5-6-16(12-17)15(2)22-28(26,27)20-9-4-3-8-19(20)23(24)25/h3-13,15,22H,1-2H3/t15-/m0/s1. The van der Waals surface area contributed by atoms with E-state index in [0.717, 1.165) is 22.3 Å². The number of hydrogen-bond donors (Lipinski definition) is 1. The molecule has 7 nitrogen and oxygen atoms in total. The van der Waals surface area contributed by atoms with Crippen molar-refractivity contribution in [3.63, 3.8) is 0 Å². The maximum absolute atomic E-state index is 12.7. The van der Waals surface area contributed by atoms with Gasteiger partial charge in [-0.2, -0.15) is 0 Å². The largest absolute Gasteiger partial charge is 0.289 e. The molecule has 0 saturated carbocycles. The lowest BCUT2D eigenvalue weighted by Crippen LogP contribution is -2.27. The van der Waals surface area contributed by atoms with E-state index in [0.29, 0.717) is 0 Å². The minimum atomic E-state index is -4.07. The fourth-order valence-electron chi connectivity index (χ4n) is 2.97. The van der Waals surface area contributed by atoms with Gasteiger partial charge in [0.2, 0.25) is 10.0 Å². The van der Waals surface area contributed by atoms with Gasteiger partial charge in [-0.25, -0.2) is 13.1 Å². The van der Waals surface area contributed by atoms with Gasteiger partial charge in [0, 0.05) is 24.5 Å². The summed E-state index contributed by atoms with van der Waals surface area (Å²) in [5, 5.41) is 11.2. The third-order valence-corrected chi connectivity index (χ3v) is 5.99. The highest BCUT2D eigenvalue weighted by molar-refractivity contribution is 7.89. The summed E-state index contributed by atoms with van der Waals surface area (Å²) in [6.45, 7) is 3.65. The van der Waals surface area contributed by atoms with E-state index in [4.69, 9.17) is 0 Å². The van der Waals surface area contributed by atoms with Gasteiger partial charge in [0.25, 0.3) is 5.69 Å². The van der Waals surface area contributed by atoms with Crippen LogP contribution >= 0.6 is 0 Å². The van der Waals surface area contributed by atoms with Crippen molar-refractivity contribution in [1.29, 1.82) is 0 Å². The second kappa shape index (κ2) is 7.87. The van der Waals surface area contributed by atoms with Crippen molar-refractivity contribution in [2.75, 3.05) is 0 Å². The van der Waals surface area contributed by atoms with Gasteiger partial charge >= 0.3 is 0 Å². The van der Waals surface area contributed by atoms with Crippen molar-refractivity contribution in [3.8, 4) is 11.1 Å². The highest BCUT2D eigenvalue weighted by atomic mass is 32.2. The van der Waals surface area contributed by atoms with Crippen LogP contribution in [-0.2, 0) is 10.0 Å². The van der Waals surface area contributed by atoms with Crippen LogP contribution in [0.4, 0.5) is 5.69 Å². The SMILES string of the molecule is Cc1cnccc1-c1cccc([C@H](C)NS(=O)(=O)c2ccccc2[N+](=O)[O-])c1. The fourth-order valence-corrected chi connectivity index (χ4v) is 4.38. The van der Waals surface area contributed by atoms with Crippen LogP contribution in [0.2, 0.25) is 0 Å². The first kappa shape index (κ1) is 19.7. The first-order valence-electron chi connectivity index (χ1n) is 8.56. The maximum Gasteiger partial charge on any atom is 0.289 e. The molecule has 0 spiro atoms. The third kappa shape index (κ3) is 4.08. The van der Waals surface area contributed by atoms with Gasteiger partial charge in [0.15, 0.2) is 4.90 Å². The molecule has 2 aromatic carbocycles. The van der Waals surface area contributed by atoms with E-state index in [2.05, 4.69) is 9.71 Å². The Morgan fingerprint density at radius 3 is 2.57 bits per heavy atom. The van der Waals surface area contributed by atoms with Gasteiger partial charge in [-0.1, -0.05) is 30.3 Å². The van der Waals surface area contributed by atoms with E-state index >= 15 is 0 Å². The molecule has 1 atom stereocenters. The minimum absolute atomic E-state index is 0.354. The van der Waals surface area contributed by atoms with Crippen molar-refractivity contribution in [2.24, 2.45) is 0 Å². The quantitative estimate of drug-likeness (QED) is 0.500. The molecule has 8 heteroatoms. The molecule has 0 aliphatic rings. The molecule has 28 heavy (non-hydrogen) atoms. The van der Waals surface area contributed by atoms with Crippen molar-refractivity contribution in [2.45, 2.75) is 24.8 Å². The average Bonchev–Trinajstić information content (AvgIpc) is 2.68. The molecule has 0 unspecified atom stereocenters. The second-order valence-electron chi connectivity index (χ2n) is 6.38. The number of benzene rings is 2. The van der Waals surface area contributed by atoms with E-state index in [1.54, 1.807) is 19.3 Å². The Hall–Kier alpha value is -3.10. The summed E-state index contributed by atoms with van der Waals surface area (Å²) < 4.78 is 28.0. The van der Waals surface area contributed by atoms with Crippen LogP contribution in [-0.4, -0.2) is 18.3 Å².